The molecule has 0 unspecified atom stereocenters. The lowest BCUT2D eigenvalue weighted by Crippen LogP contribution is -2.32. The molecule has 0 heterocycles. The Morgan fingerprint density at radius 3 is 2.33 bits per heavy atom. The molecular weight excluding hydrogens is 326 g/mol. The first-order valence-electron chi connectivity index (χ1n) is 7.19. The van der Waals surface area contributed by atoms with Gasteiger partial charge in [0.2, 0.25) is 15.9 Å². The number of sulfonamides is 1. The monoisotopic (exact) mass is 343 g/mol. The van der Waals surface area contributed by atoms with E-state index in [0.29, 0.717) is 11.3 Å². The van der Waals surface area contributed by atoms with Crippen LogP contribution in [0.4, 0.5) is 5.69 Å². The summed E-state index contributed by atoms with van der Waals surface area (Å²) in [5.41, 5.74) is 2.82. The van der Waals surface area contributed by atoms with Crippen LogP contribution in [0.3, 0.4) is 0 Å². The van der Waals surface area contributed by atoms with E-state index in [1.165, 1.54) is 6.07 Å². The fourth-order valence-electron chi connectivity index (χ4n) is 1.96. The summed E-state index contributed by atoms with van der Waals surface area (Å²) in [7, 11) is -3.75. The van der Waals surface area contributed by atoms with E-state index in [4.69, 9.17) is 5.26 Å². The van der Waals surface area contributed by atoms with E-state index in [-0.39, 0.29) is 11.4 Å². The van der Waals surface area contributed by atoms with Gasteiger partial charge in [0.05, 0.1) is 23.1 Å². The van der Waals surface area contributed by atoms with Crippen LogP contribution in [-0.4, -0.2) is 20.9 Å². The topological polar surface area (TPSA) is 99.1 Å². The molecule has 0 aliphatic carbocycles. The Labute approximate surface area is 141 Å². The van der Waals surface area contributed by atoms with Crippen molar-refractivity contribution in [3.8, 4) is 6.07 Å². The zero-order valence-electron chi connectivity index (χ0n) is 13.3. The molecular formula is C17H17N3O3S. The van der Waals surface area contributed by atoms with Crippen molar-refractivity contribution in [1.82, 2.24) is 4.72 Å². The number of amides is 1. The summed E-state index contributed by atoms with van der Waals surface area (Å²) in [6.07, 6.45) is 0. The molecule has 6 nitrogen and oxygen atoms in total. The summed E-state index contributed by atoms with van der Waals surface area (Å²) >= 11 is 0. The average Bonchev–Trinajstić information content (AvgIpc) is 2.56. The molecule has 2 aromatic rings. The minimum Gasteiger partial charge on any atom is -0.325 e. The summed E-state index contributed by atoms with van der Waals surface area (Å²) in [6.45, 7) is 3.34. The van der Waals surface area contributed by atoms with E-state index in [9.17, 15) is 13.2 Å². The van der Waals surface area contributed by atoms with Gasteiger partial charge in [-0.15, -0.1) is 0 Å². The number of nitrogens with zero attached hydrogens (tertiary/aromatic N) is 1. The maximum absolute atomic E-state index is 12.2. The normalized spacial score (nSPS) is 10.9. The number of nitrogens with one attached hydrogen (secondary N) is 2. The van der Waals surface area contributed by atoms with Crippen molar-refractivity contribution in [1.29, 1.82) is 5.26 Å². The maximum atomic E-state index is 12.2. The van der Waals surface area contributed by atoms with Crippen LogP contribution in [0.2, 0.25) is 0 Å². The second-order valence-corrected chi connectivity index (χ2v) is 7.07. The van der Waals surface area contributed by atoms with Crippen LogP contribution in [0.25, 0.3) is 0 Å². The van der Waals surface area contributed by atoms with Crippen LogP contribution < -0.4 is 10.0 Å². The van der Waals surface area contributed by atoms with Gasteiger partial charge in [0.15, 0.2) is 0 Å². The second kappa shape index (κ2) is 7.25. The van der Waals surface area contributed by atoms with Gasteiger partial charge in [0, 0.05) is 5.69 Å². The van der Waals surface area contributed by atoms with Crippen molar-refractivity contribution in [3.05, 3.63) is 59.2 Å². The molecule has 124 valence electrons. The van der Waals surface area contributed by atoms with Gasteiger partial charge in [-0.2, -0.15) is 5.26 Å². The van der Waals surface area contributed by atoms with Gasteiger partial charge in [-0.25, -0.2) is 13.1 Å². The zero-order valence-corrected chi connectivity index (χ0v) is 14.1. The summed E-state index contributed by atoms with van der Waals surface area (Å²) in [5.74, 6) is -0.493. The average molecular weight is 343 g/mol. The van der Waals surface area contributed by atoms with Crippen LogP contribution in [-0.2, 0) is 14.8 Å². The lowest BCUT2D eigenvalue weighted by Gasteiger charge is -2.09. The van der Waals surface area contributed by atoms with E-state index < -0.39 is 15.9 Å². The van der Waals surface area contributed by atoms with E-state index >= 15 is 0 Å². The van der Waals surface area contributed by atoms with Gasteiger partial charge >= 0.3 is 0 Å². The fourth-order valence-corrected chi connectivity index (χ4v) is 3.03. The highest BCUT2D eigenvalue weighted by atomic mass is 32.2. The predicted octanol–water partition coefficient (Wildman–Crippen LogP) is 2.09. The number of carbonyl (C=O) groups is 1. The fraction of sp³-hybridized carbons (Fsp3) is 0.176. The summed E-state index contributed by atoms with van der Waals surface area (Å²) in [4.78, 5) is 12.0. The molecule has 0 bridgehead atoms. The summed E-state index contributed by atoms with van der Waals surface area (Å²) < 4.78 is 26.7. The quantitative estimate of drug-likeness (QED) is 0.868. The molecule has 1 amide bonds. The van der Waals surface area contributed by atoms with E-state index in [2.05, 4.69) is 10.0 Å². The van der Waals surface area contributed by atoms with Crippen LogP contribution in [0.1, 0.15) is 16.7 Å². The standard InChI is InChI=1S/C17H17N3O3S/c1-12-3-8-16(9-13(12)2)24(22,23)19-11-17(21)20-15-6-4-14(10-18)5-7-15/h3-9,19H,11H2,1-2H3,(H,20,21). The molecule has 0 saturated heterocycles. The Balaban J connectivity index is 1.99. The van der Waals surface area contributed by atoms with Gasteiger partial charge in [0.1, 0.15) is 0 Å². The van der Waals surface area contributed by atoms with Crippen molar-refractivity contribution in [3.63, 3.8) is 0 Å². The number of anilines is 1. The Bertz CT molecular complexity index is 898. The van der Waals surface area contributed by atoms with Crippen molar-refractivity contribution >= 4 is 21.6 Å². The van der Waals surface area contributed by atoms with Crippen LogP contribution in [0.5, 0.6) is 0 Å². The van der Waals surface area contributed by atoms with E-state index in [1.807, 2.05) is 19.9 Å². The number of hydrogen-bond acceptors (Lipinski definition) is 4. The first-order chi connectivity index (χ1) is 11.3. The molecule has 0 radical (unpaired) electrons. The number of hydrogen-bond donors (Lipinski definition) is 2. The van der Waals surface area contributed by atoms with Crippen LogP contribution >= 0.6 is 0 Å². The third-order valence-corrected chi connectivity index (χ3v) is 4.91. The maximum Gasteiger partial charge on any atom is 0.241 e. The van der Waals surface area contributed by atoms with Gasteiger partial charge < -0.3 is 5.32 Å². The smallest absolute Gasteiger partial charge is 0.241 e. The van der Waals surface area contributed by atoms with Gasteiger partial charge in [-0.05, 0) is 61.4 Å². The van der Waals surface area contributed by atoms with E-state index in [0.717, 1.165) is 11.1 Å². The second-order valence-electron chi connectivity index (χ2n) is 5.31. The first-order valence-corrected chi connectivity index (χ1v) is 8.67. The largest absolute Gasteiger partial charge is 0.325 e. The number of carbonyl (C=O) groups excluding carboxylic acids is 1. The molecule has 2 rings (SSSR count). The number of nitriles is 1. The Kier molecular flexibility index (Phi) is 5.34. The predicted molar refractivity (Wildman–Crippen MR) is 90.9 cm³/mol. The van der Waals surface area contributed by atoms with Crippen molar-refractivity contribution in [2.45, 2.75) is 18.7 Å². The third kappa shape index (κ3) is 4.41. The SMILES string of the molecule is Cc1ccc(S(=O)(=O)NCC(=O)Nc2ccc(C#N)cc2)cc1C. The highest BCUT2D eigenvalue weighted by Crippen LogP contribution is 2.14. The third-order valence-electron chi connectivity index (χ3n) is 3.51. The molecule has 0 spiro atoms. The van der Waals surface area contributed by atoms with Crippen LogP contribution in [0, 0.1) is 25.2 Å². The molecule has 0 aliphatic heterocycles. The highest BCUT2D eigenvalue weighted by Gasteiger charge is 2.16. The minimum absolute atomic E-state index is 0.122. The molecule has 24 heavy (non-hydrogen) atoms. The Morgan fingerprint density at radius 2 is 1.75 bits per heavy atom. The van der Waals surface area contributed by atoms with Crippen molar-refractivity contribution in [2.75, 3.05) is 11.9 Å². The van der Waals surface area contributed by atoms with Crippen molar-refractivity contribution in [2.24, 2.45) is 0 Å². The highest BCUT2D eigenvalue weighted by molar-refractivity contribution is 7.89. The molecule has 2 aromatic carbocycles. The minimum atomic E-state index is -3.75. The number of rotatable bonds is 5. The first kappa shape index (κ1) is 17.7. The Hall–Kier alpha value is -2.69. The molecule has 0 atom stereocenters. The lowest BCUT2D eigenvalue weighted by molar-refractivity contribution is -0.115. The van der Waals surface area contributed by atoms with Crippen molar-refractivity contribution < 1.29 is 13.2 Å². The molecule has 0 saturated carbocycles. The summed E-state index contributed by atoms with van der Waals surface area (Å²) in [5, 5.41) is 11.3. The van der Waals surface area contributed by atoms with Gasteiger partial charge in [-0.3, -0.25) is 4.79 Å². The molecule has 7 heteroatoms. The zero-order chi connectivity index (χ0) is 17.7. The number of benzene rings is 2. The van der Waals surface area contributed by atoms with Crippen LogP contribution in [0.15, 0.2) is 47.4 Å². The molecule has 0 fully saturated rings. The molecule has 0 aromatic heterocycles. The lowest BCUT2D eigenvalue weighted by atomic mass is 10.1. The summed E-state index contributed by atoms with van der Waals surface area (Å²) in [6, 6.07) is 13.1. The van der Waals surface area contributed by atoms with E-state index in [1.54, 1.807) is 36.4 Å². The number of aryl methyl sites for hydroxylation is 2. The molecule has 2 N–H and O–H groups in total. The van der Waals surface area contributed by atoms with Gasteiger partial charge in [0.25, 0.3) is 0 Å². The molecule has 0 aliphatic rings. The van der Waals surface area contributed by atoms with Gasteiger partial charge in [-0.1, -0.05) is 6.07 Å². The Morgan fingerprint density at radius 1 is 1.08 bits per heavy atom.